The Morgan fingerprint density at radius 2 is 2.04 bits per heavy atom. The van der Waals surface area contributed by atoms with Crippen LogP contribution in [0.15, 0.2) is 47.4 Å². The van der Waals surface area contributed by atoms with Crippen LogP contribution in [0, 0.1) is 0 Å². The van der Waals surface area contributed by atoms with Gasteiger partial charge in [-0.3, -0.25) is 4.79 Å². The van der Waals surface area contributed by atoms with E-state index in [4.69, 9.17) is 4.98 Å². The third kappa shape index (κ3) is 3.29. The molecule has 4 rings (SSSR count). The molecule has 0 unspecified atom stereocenters. The minimum atomic E-state index is -0.0539. The highest BCUT2D eigenvalue weighted by atomic mass is 32.2. The fraction of sp³-hybridized carbons (Fsp3) is 0.300. The van der Waals surface area contributed by atoms with Gasteiger partial charge in [-0.1, -0.05) is 12.1 Å². The number of carbonyl (C=O) groups excluding carboxylic acids is 1. The van der Waals surface area contributed by atoms with E-state index in [0.29, 0.717) is 12.1 Å². The number of imidazole rings is 1. The first-order valence-corrected chi connectivity index (χ1v) is 9.87. The summed E-state index contributed by atoms with van der Waals surface area (Å²) in [6, 6.07) is 14.1. The number of thioether (sulfide) groups is 1. The van der Waals surface area contributed by atoms with E-state index in [-0.39, 0.29) is 5.91 Å². The Morgan fingerprint density at radius 3 is 2.84 bits per heavy atom. The number of carbonyl (C=O) groups is 1. The standard InChI is InChI=1S/C20H21N3OS/c1-25-16-8-5-14(6-9-16)13-21-20(24)15-7-10-18-17(12-15)22-19-4-2-3-11-23(18)19/h5-10,12H,2-4,11,13H2,1H3,(H,21,24). The number of nitrogens with one attached hydrogen (secondary N) is 1. The first-order chi connectivity index (χ1) is 12.2. The molecule has 128 valence electrons. The van der Waals surface area contributed by atoms with Gasteiger partial charge in [0.2, 0.25) is 0 Å². The Kier molecular flexibility index (Phi) is 4.49. The molecule has 0 saturated heterocycles. The molecule has 1 aliphatic heterocycles. The van der Waals surface area contributed by atoms with Crippen LogP contribution in [-0.2, 0) is 19.5 Å². The number of hydrogen-bond acceptors (Lipinski definition) is 3. The van der Waals surface area contributed by atoms with Crippen LogP contribution in [0.25, 0.3) is 11.0 Å². The number of hydrogen-bond donors (Lipinski definition) is 1. The van der Waals surface area contributed by atoms with E-state index >= 15 is 0 Å². The maximum absolute atomic E-state index is 12.5. The highest BCUT2D eigenvalue weighted by molar-refractivity contribution is 7.98. The third-order valence-electron chi connectivity index (χ3n) is 4.73. The van der Waals surface area contributed by atoms with Crippen LogP contribution in [0.4, 0.5) is 0 Å². The number of fused-ring (bicyclic) bond motifs is 3. The maximum atomic E-state index is 12.5. The van der Waals surface area contributed by atoms with Gasteiger partial charge in [0.05, 0.1) is 11.0 Å². The molecule has 1 N–H and O–H groups in total. The van der Waals surface area contributed by atoms with Gasteiger partial charge in [-0.05, 0) is 55.0 Å². The molecule has 0 spiro atoms. The van der Waals surface area contributed by atoms with Crippen molar-refractivity contribution >= 4 is 28.7 Å². The molecule has 0 saturated carbocycles. The number of benzene rings is 2. The van der Waals surface area contributed by atoms with Gasteiger partial charge in [0.1, 0.15) is 5.82 Å². The van der Waals surface area contributed by atoms with Crippen molar-refractivity contribution in [1.82, 2.24) is 14.9 Å². The van der Waals surface area contributed by atoms with E-state index in [2.05, 4.69) is 40.4 Å². The first kappa shape index (κ1) is 16.2. The normalized spacial score (nSPS) is 13.6. The van der Waals surface area contributed by atoms with Crippen molar-refractivity contribution in [3.63, 3.8) is 0 Å². The van der Waals surface area contributed by atoms with Crippen molar-refractivity contribution in [1.29, 1.82) is 0 Å². The van der Waals surface area contributed by atoms with Crippen LogP contribution in [0.3, 0.4) is 0 Å². The molecule has 5 heteroatoms. The predicted molar refractivity (Wildman–Crippen MR) is 102 cm³/mol. The molecule has 2 aromatic carbocycles. The van der Waals surface area contributed by atoms with Crippen LogP contribution in [-0.4, -0.2) is 21.7 Å². The summed E-state index contributed by atoms with van der Waals surface area (Å²) in [5, 5.41) is 3.00. The van der Waals surface area contributed by atoms with Crippen molar-refractivity contribution in [2.75, 3.05) is 6.26 Å². The highest BCUT2D eigenvalue weighted by Gasteiger charge is 2.16. The summed E-state index contributed by atoms with van der Waals surface area (Å²) in [6.07, 6.45) is 5.49. The van der Waals surface area contributed by atoms with Gasteiger partial charge in [0.15, 0.2) is 0 Å². The van der Waals surface area contributed by atoms with Crippen LogP contribution >= 0.6 is 11.8 Å². The quantitative estimate of drug-likeness (QED) is 0.722. The van der Waals surface area contributed by atoms with Gasteiger partial charge in [-0.2, -0.15) is 0 Å². The van der Waals surface area contributed by atoms with E-state index in [9.17, 15) is 4.79 Å². The summed E-state index contributed by atoms with van der Waals surface area (Å²) in [6.45, 7) is 1.56. The minimum Gasteiger partial charge on any atom is -0.348 e. The second-order valence-electron chi connectivity index (χ2n) is 6.37. The Balaban J connectivity index is 1.49. The second kappa shape index (κ2) is 6.92. The Bertz CT molecular complexity index is 915. The van der Waals surface area contributed by atoms with Gasteiger partial charge < -0.3 is 9.88 Å². The summed E-state index contributed by atoms with van der Waals surface area (Å²) in [5.74, 6) is 1.09. The van der Waals surface area contributed by atoms with E-state index in [0.717, 1.165) is 35.4 Å². The number of aromatic nitrogens is 2. The SMILES string of the molecule is CSc1ccc(CNC(=O)c2ccc3c(c2)nc2n3CCCC2)cc1. The Hall–Kier alpha value is -2.27. The van der Waals surface area contributed by atoms with Gasteiger partial charge in [0, 0.05) is 30.0 Å². The van der Waals surface area contributed by atoms with E-state index in [1.165, 1.54) is 17.7 Å². The summed E-state index contributed by atoms with van der Waals surface area (Å²) < 4.78 is 2.29. The molecule has 0 atom stereocenters. The van der Waals surface area contributed by atoms with Crippen molar-refractivity contribution in [2.24, 2.45) is 0 Å². The van der Waals surface area contributed by atoms with Gasteiger partial charge in [-0.25, -0.2) is 4.98 Å². The summed E-state index contributed by atoms with van der Waals surface area (Å²) in [4.78, 5) is 18.4. The zero-order chi connectivity index (χ0) is 17.2. The van der Waals surface area contributed by atoms with Crippen LogP contribution in [0.2, 0.25) is 0 Å². The molecule has 0 bridgehead atoms. The molecule has 0 aliphatic carbocycles. The van der Waals surface area contributed by atoms with Gasteiger partial charge >= 0.3 is 0 Å². The predicted octanol–water partition coefficient (Wildman–Crippen LogP) is 4.02. The van der Waals surface area contributed by atoms with Crippen molar-refractivity contribution in [2.45, 2.75) is 37.2 Å². The first-order valence-electron chi connectivity index (χ1n) is 8.65. The molecule has 25 heavy (non-hydrogen) atoms. The van der Waals surface area contributed by atoms with Crippen LogP contribution in [0.1, 0.15) is 34.6 Å². The Labute approximate surface area is 151 Å². The molecule has 0 radical (unpaired) electrons. The van der Waals surface area contributed by atoms with Crippen molar-refractivity contribution < 1.29 is 4.79 Å². The molecule has 1 amide bonds. The lowest BCUT2D eigenvalue weighted by molar-refractivity contribution is 0.0951. The molecule has 1 aromatic heterocycles. The maximum Gasteiger partial charge on any atom is 0.251 e. The summed E-state index contributed by atoms with van der Waals surface area (Å²) in [5.41, 5.74) is 3.83. The van der Waals surface area contributed by atoms with Crippen molar-refractivity contribution in [3.8, 4) is 0 Å². The smallest absolute Gasteiger partial charge is 0.251 e. The zero-order valence-electron chi connectivity index (χ0n) is 14.3. The fourth-order valence-corrected chi connectivity index (χ4v) is 3.75. The van der Waals surface area contributed by atoms with E-state index < -0.39 is 0 Å². The molecular weight excluding hydrogens is 330 g/mol. The molecule has 1 aliphatic rings. The number of nitrogens with zero attached hydrogens (tertiary/aromatic N) is 2. The number of amides is 1. The number of aryl methyl sites for hydroxylation is 2. The van der Waals surface area contributed by atoms with Crippen LogP contribution in [0.5, 0.6) is 0 Å². The highest BCUT2D eigenvalue weighted by Crippen LogP contribution is 2.23. The largest absolute Gasteiger partial charge is 0.348 e. The molecule has 4 nitrogen and oxygen atoms in total. The zero-order valence-corrected chi connectivity index (χ0v) is 15.1. The van der Waals surface area contributed by atoms with E-state index in [1.54, 1.807) is 11.8 Å². The summed E-state index contributed by atoms with van der Waals surface area (Å²) >= 11 is 1.71. The lowest BCUT2D eigenvalue weighted by Crippen LogP contribution is -2.22. The molecular formula is C20H21N3OS. The third-order valence-corrected chi connectivity index (χ3v) is 5.48. The minimum absolute atomic E-state index is 0.0539. The average molecular weight is 351 g/mol. The topological polar surface area (TPSA) is 46.9 Å². The fourth-order valence-electron chi connectivity index (χ4n) is 3.34. The Morgan fingerprint density at radius 1 is 1.20 bits per heavy atom. The summed E-state index contributed by atoms with van der Waals surface area (Å²) in [7, 11) is 0. The second-order valence-corrected chi connectivity index (χ2v) is 7.25. The lowest BCUT2D eigenvalue weighted by atomic mass is 10.1. The van der Waals surface area contributed by atoms with Gasteiger partial charge in [0.25, 0.3) is 5.91 Å². The van der Waals surface area contributed by atoms with Crippen molar-refractivity contribution in [3.05, 3.63) is 59.4 Å². The van der Waals surface area contributed by atoms with E-state index in [1.807, 2.05) is 18.2 Å². The average Bonchev–Trinajstić information content (AvgIpc) is 3.04. The van der Waals surface area contributed by atoms with Gasteiger partial charge in [-0.15, -0.1) is 11.8 Å². The molecule has 3 aromatic rings. The lowest BCUT2D eigenvalue weighted by Gasteiger charge is -2.13. The molecule has 2 heterocycles. The number of rotatable bonds is 4. The monoisotopic (exact) mass is 351 g/mol. The molecule has 0 fully saturated rings. The van der Waals surface area contributed by atoms with Crippen LogP contribution < -0.4 is 5.32 Å².